The summed E-state index contributed by atoms with van der Waals surface area (Å²) in [5.41, 5.74) is 3.36. The maximum absolute atomic E-state index is 9.59. The van der Waals surface area contributed by atoms with Crippen molar-refractivity contribution in [1.29, 1.82) is 10.5 Å². The fourth-order valence-corrected chi connectivity index (χ4v) is 3.33. The maximum atomic E-state index is 9.59. The minimum Gasteiger partial charge on any atom is -0.490 e. The molecule has 31 heavy (non-hydrogen) atoms. The van der Waals surface area contributed by atoms with E-state index in [1.165, 1.54) is 0 Å². The first kappa shape index (κ1) is 22.2. The van der Waals surface area contributed by atoms with Crippen LogP contribution in [0.3, 0.4) is 0 Å². The molecule has 6 heteroatoms. The quantitative estimate of drug-likeness (QED) is 0.291. The van der Waals surface area contributed by atoms with Crippen LogP contribution in [0.1, 0.15) is 29.2 Å². The van der Waals surface area contributed by atoms with Gasteiger partial charge in [-0.1, -0.05) is 47.5 Å². The van der Waals surface area contributed by atoms with E-state index in [0.29, 0.717) is 39.3 Å². The van der Waals surface area contributed by atoms with E-state index < -0.39 is 0 Å². The summed E-state index contributed by atoms with van der Waals surface area (Å²) in [6.07, 6.45) is 1.77. The summed E-state index contributed by atoms with van der Waals surface area (Å²) in [5, 5.41) is 19.6. The molecule has 0 amide bonds. The lowest BCUT2D eigenvalue weighted by Gasteiger charge is -2.13. The number of nitriles is 2. The lowest BCUT2D eigenvalue weighted by molar-refractivity contribution is 0.269. The van der Waals surface area contributed by atoms with Gasteiger partial charge in [-0.3, -0.25) is 0 Å². The second-order valence-corrected chi connectivity index (χ2v) is 7.37. The predicted octanol–water partition coefficient (Wildman–Crippen LogP) is 6.91. The van der Waals surface area contributed by atoms with Gasteiger partial charge in [0, 0.05) is 15.6 Å². The molecule has 0 atom stereocenters. The van der Waals surface area contributed by atoms with Gasteiger partial charge in [0.15, 0.2) is 11.5 Å². The van der Waals surface area contributed by atoms with E-state index >= 15 is 0 Å². The Morgan fingerprint density at radius 1 is 0.935 bits per heavy atom. The lowest BCUT2D eigenvalue weighted by Crippen LogP contribution is -2.00. The third kappa shape index (κ3) is 5.80. The van der Waals surface area contributed by atoms with E-state index in [2.05, 4.69) is 12.1 Å². The summed E-state index contributed by atoms with van der Waals surface area (Å²) in [4.78, 5) is 0. The normalized spacial score (nSPS) is 10.8. The molecule has 3 aromatic rings. The monoisotopic (exact) mass is 448 g/mol. The average Bonchev–Trinajstić information content (AvgIpc) is 2.78. The molecule has 3 aromatic carbocycles. The van der Waals surface area contributed by atoms with Crippen molar-refractivity contribution < 1.29 is 9.47 Å². The van der Waals surface area contributed by atoms with Crippen LogP contribution in [0.4, 0.5) is 0 Å². The van der Waals surface area contributed by atoms with Crippen molar-refractivity contribution in [3.05, 3.63) is 93.0 Å². The Bertz CT molecular complexity index is 1190. The standard InChI is InChI=1S/C25H18Cl2N2O2/c1-2-30-25-12-18(11-21(15-29)19-6-3-17(14-28)4-7-19)5-10-24(25)31-16-20-8-9-22(26)13-23(20)27/h3-13H,2,16H2,1H3/b21-11-. The smallest absolute Gasteiger partial charge is 0.161 e. The Kier molecular flexibility index (Phi) is 7.57. The van der Waals surface area contributed by atoms with Crippen LogP contribution in [-0.2, 0) is 6.61 Å². The molecular weight excluding hydrogens is 431 g/mol. The van der Waals surface area contributed by atoms with Gasteiger partial charge in [0.05, 0.1) is 29.9 Å². The molecule has 0 spiro atoms. The summed E-state index contributed by atoms with van der Waals surface area (Å²) in [7, 11) is 0. The van der Waals surface area contributed by atoms with Crippen LogP contribution in [0, 0.1) is 22.7 Å². The number of allylic oxidation sites excluding steroid dienone is 1. The van der Waals surface area contributed by atoms with Gasteiger partial charge < -0.3 is 9.47 Å². The number of benzene rings is 3. The second-order valence-electron chi connectivity index (χ2n) is 6.52. The van der Waals surface area contributed by atoms with Crippen LogP contribution in [0.5, 0.6) is 11.5 Å². The van der Waals surface area contributed by atoms with Gasteiger partial charge in [-0.15, -0.1) is 0 Å². The minimum absolute atomic E-state index is 0.264. The first-order valence-corrected chi connectivity index (χ1v) is 10.3. The van der Waals surface area contributed by atoms with E-state index in [0.717, 1.165) is 16.7 Å². The van der Waals surface area contributed by atoms with Gasteiger partial charge >= 0.3 is 0 Å². The minimum atomic E-state index is 0.264. The van der Waals surface area contributed by atoms with Crippen LogP contribution in [0.2, 0.25) is 10.0 Å². The molecule has 154 valence electrons. The number of nitrogens with zero attached hydrogens (tertiary/aromatic N) is 2. The largest absolute Gasteiger partial charge is 0.490 e. The summed E-state index contributed by atoms with van der Waals surface area (Å²) < 4.78 is 11.7. The van der Waals surface area contributed by atoms with Crippen LogP contribution < -0.4 is 9.47 Å². The summed E-state index contributed by atoms with van der Waals surface area (Å²) >= 11 is 12.2. The molecule has 0 unspecified atom stereocenters. The predicted molar refractivity (Wildman–Crippen MR) is 123 cm³/mol. The van der Waals surface area contributed by atoms with Crippen molar-refractivity contribution in [2.75, 3.05) is 6.61 Å². The van der Waals surface area contributed by atoms with E-state index in [1.807, 2.05) is 25.1 Å². The molecule has 0 heterocycles. The van der Waals surface area contributed by atoms with Gasteiger partial charge in [0.2, 0.25) is 0 Å². The first-order chi connectivity index (χ1) is 15.0. The molecule has 0 aliphatic rings. The highest BCUT2D eigenvalue weighted by atomic mass is 35.5. The summed E-state index contributed by atoms with van der Waals surface area (Å²) in [6.45, 7) is 2.62. The fourth-order valence-electron chi connectivity index (χ4n) is 2.87. The molecular formula is C25H18Cl2N2O2. The molecule has 0 aliphatic carbocycles. The van der Waals surface area contributed by atoms with E-state index in [-0.39, 0.29) is 6.61 Å². The molecule has 0 radical (unpaired) electrons. The fraction of sp³-hybridized carbons (Fsp3) is 0.120. The molecule has 3 rings (SSSR count). The molecule has 0 saturated carbocycles. The molecule has 0 aromatic heterocycles. The van der Waals surface area contributed by atoms with Gasteiger partial charge in [-0.05, 0) is 60.5 Å². The highest BCUT2D eigenvalue weighted by Crippen LogP contribution is 2.32. The number of hydrogen-bond donors (Lipinski definition) is 0. The highest BCUT2D eigenvalue weighted by Gasteiger charge is 2.09. The molecule has 0 bridgehead atoms. The Labute approximate surface area is 191 Å². The Morgan fingerprint density at radius 3 is 2.35 bits per heavy atom. The van der Waals surface area contributed by atoms with Gasteiger partial charge in [-0.25, -0.2) is 0 Å². The van der Waals surface area contributed by atoms with Crippen LogP contribution in [0.15, 0.2) is 60.7 Å². The topological polar surface area (TPSA) is 66.0 Å². The second kappa shape index (κ2) is 10.5. The zero-order valence-corrected chi connectivity index (χ0v) is 18.2. The van der Waals surface area contributed by atoms with Crippen molar-refractivity contribution in [3.8, 4) is 23.6 Å². The molecule has 0 saturated heterocycles. The van der Waals surface area contributed by atoms with Crippen molar-refractivity contribution in [1.82, 2.24) is 0 Å². The zero-order chi connectivity index (χ0) is 22.2. The molecule has 0 N–H and O–H groups in total. The Hall–Kier alpha value is -3.44. The molecule has 0 fully saturated rings. The van der Waals surface area contributed by atoms with Gasteiger partial charge in [0.25, 0.3) is 0 Å². The number of halogens is 2. The number of rotatable bonds is 7. The summed E-state index contributed by atoms with van der Waals surface area (Å²) in [5.74, 6) is 1.14. The maximum Gasteiger partial charge on any atom is 0.161 e. The van der Waals surface area contributed by atoms with Crippen molar-refractivity contribution in [3.63, 3.8) is 0 Å². The van der Waals surface area contributed by atoms with Crippen LogP contribution in [-0.4, -0.2) is 6.61 Å². The van der Waals surface area contributed by atoms with Crippen molar-refractivity contribution in [2.45, 2.75) is 13.5 Å². The lowest BCUT2D eigenvalue weighted by atomic mass is 10.0. The number of hydrogen-bond acceptors (Lipinski definition) is 4. The van der Waals surface area contributed by atoms with E-state index in [1.54, 1.807) is 48.5 Å². The van der Waals surface area contributed by atoms with Crippen molar-refractivity contribution >= 4 is 34.9 Å². The summed E-state index contributed by atoms with van der Waals surface area (Å²) in [6, 6.07) is 21.9. The molecule has 4 nitrogen and oxygen atoms in total. The van der Waals surface area contributed by atoms with Crippen LogP contribution in [0.25, 0.3) is 11.6 Å². The van der Waals surface area contributed by atoms with E-state index in [9.17, 15) is 5.26 Å². The van der Waals surface area contributed by atoms with Gasteiger partial charge in [-0.2, -0.15) is 10.5 Å². The third-order valence-electron chi connectivity index (χ3n) is 4.42. The average molecular weight is 449 g/mol. The van der Waals surface area contributed by atoms with Gasteiger partial charge in [0.1, 0.15) is 6.61 Å². The number of ether oxygens (including phenoxy) is 2. The zero-order valence-electron chi connectivity index (χ0n) is 16.7. The highest BCUT2D eigenvalue weighted by molar-refractivity contribution is 6.35. The third-order valence-corrected chi connectivity index (χ3v) is 5.01. The Balaban J connectivity index is 1.85. The Morgan fingerprint density at radius 2 is 1.71 bits per heavy atom. The SMILES string of the molecule is CCOc1cc(/C=C(/C#N)c2ccc(C#N)cc2)ccc1OCc1ccc(Cl)cc1Cl. The first-order valence-electron chi connectivity index (χ1n) is 9.50. The van der Waals surface area contributed by atoms with E-state index in [4.69, 9.17) is 37.9 Å². The van der Waals surface area contributed by atoms with Crippen LogP contribution >= 0.6 is 23.2 Å². The van der Waals surface area contributed by atoms with Crippen molar-refractivity contribution in [2.24, 2.45) is 0 Å². The molecule has 0 aliphatic heterocycles.